The van der Waals surface area contributed by atoms with Crippen LogP contribution in [0.4, 0.5) is 5.00 Å². The predicted molar refractivity (Wildman–Crippen MR) is 123 cm³/mol. The van der Waals surface area contributed by atoms with Crippen LogP contribution in [0.5, 0.6) is 5.75 Å². The third-order valence-electron chi connectivity index (χ3n) is 4.59. The number of esters is 1. The van der Waals surface area contributed by atoms with Gasteiger partial charge < -0.3 is 15.2 Å². The smallest absolute Gasteiger partial charge is 0.341 e. The Bertz CT molecular complexity index is 1060. The van der Waals surface area contributed by atoms with E-state index in [1.807, 2.05) is 6.07 Å². The first-order chi connectivity index (χ1) is 14.3. The minimum atomic E-state index is -0.609. The van der Waals surface area contributed by atoms with Crippen LogP contribution in [0.3, 0.4) is 0 Å². The number of nitrogens with one attached hydrogen (secondary N) is 1. The number of thiophene rings is 1. The quantitative estimate of drug-likeness (QED) is 0.286. The second-order valence-electron chi connectivity index (χ2n) is 6.59. The monoisotopic (exact) mass is 552 g/mol. The zero-order valence-corrected chi connectivity index (χ0v) is 20.0. The second kappa shape index (κ2) is 9.77. The number of hydrogen-bond donors (Lipinski definition) is 2. The highest BCUT2D eigenvalue weighted by Gasteiger charge is 2.27. The van der Waals surface area contributed by atoms with Gasteiger partial charge in [0, 0.05) is 4.88 Å². The number of fused-ring (bicyclic) bond motifs is 1. The summed E-state index contributed by atoms with van der Waals surface area (Å²) in [5, 5.41) is 22.5. The number of benzene rings is 1. The van der Waals surface area contributed by atoms with Gasteiger partial charge in [-0.1, -0.05) is 0 Å². The molecule has 30 heavy (non-hydrogen) atoms. The number of carbonyl (C=O) groups excluding carboxylic acids is 2. The summed E-state index contributed by atoms with van der Waals surface area (Å²) >= 11 is 7.83. The van der Waals surface area contributed by atoms with Gasteiger partial charge in [0.25, 0.3) is 5.91 Å². The van der Waals surface area contributed by atoms with Gasteiger partial charge in [-0.05, 0) is 93.8 Å². The molecule has 0 aliphatic heterocycles. The fourth-order valence-electron chi connectivity index (χ4n) is 3.23. The van der Waals surface area contributed by atoms with Gasteiger partial charge in [-0.3, -0.25) is 4.79 Å². The van der Waals surface area contributed by atoms with E-state index in [2.05, 4.69) is 37.2 Å². The van der Waals surface area contributed by atoms with E-state index in [-0.39, 0.29) is 17.9 Å². The SMILES string of the molecule is CCOC(=O)c1c(NC(=O)/C(C#N)=C/c2cc(Br)c(O)c(Br)c2)sc2c1CCCC2. The Morgan fingerprint density at radius 3 is 2.60 bits per heavy atom. The first kappa shape index (κ1) is 22.5. The van der Waals surface area contributed by atoms with Crippen molar-refractivity contribution in [3.8, 4) is 11.8 Å². The number of rotatable bonds is 5. The first-order valence-electron chi connectivity index (χ1n) is 9.28. The molecule has 9 heteroatoms. The van der Waals surface area contributed by atoms with E-state index >= 15 is 0 Å². The maximum Gasteiger partial charge on any atom is 0.341 e. The van der Waals surface area contributed by atoms with Crippen molar-refractivity contribution in [3.05, 3.63) is 48.2 Å². The van der Waals surface area contributed by atoms with E-state index in [1.54, 1.807) is 19.1 Å². The maximum absolute atomic E-state index is 12.8. The lowest BCUT2D eigenvalue weighted by Gasteiger charge is -2.12. The van der Waals surface area contributed by atoms with Crippen molar-refractivity contribution >= 4 is 66.2 Å². The molecule has 6 nitrogen and oxygen atoms in total. The number of phenols is 1. The summed E-state index contributed by atoms with van der Waals surface area (Å²) in [6, 6.07) is 5.10. The van der Waals surface area contributed by atoms with Gasteiger partial charge in [0.2, 0.25) is 0 Å². The van der Waals surface area contributed by atoms with E-state index in [9.17, 15) is 20.0 Å². The van der Waals surface area contributed by atoms with E-state index in [1.165, 1.54) is 17.4 Å². The summed E-state index contributed by atoms with van der Waals surface area (Å²) in [4.78, 5) is 26.4. The summed E-state index contributed by atoms with van der Waals surface area (Å²) < 4.78 is 6.05. The Balaban J connectivity index is 1.93. The third-order valence-corrected chi connectivity index (χ3v) is 7.01. The number of aromatic hydroxyl groups is 1. The van der Waals surface area contributed by atoms with Gasteiger partial charge in [0.05, 0.1) is 21.1 Å². The van der Waals surface area contributed by atoms with Gasteiger partial charge in [0.1, 0.15) is 22.4 Å². The first-order valence-corrected chi connectivity index (χ1v) is 11.7. The fourth-order valence-corrected chi connectivity index (χ4v) is 5.72. The highest BCUT2D eigenvalue weighted by Crippen LogP contribution is 2.39. The van der Waals surface area contributed by atoms with Gasteiger partial charge in [-0.2, -0.15) is 5.26 Å². The van der Waals surface area contributed by atoms with Crippen LogP contribution in [0.2, 0.25) is 0 Å². The molecule has 2 aromatic rings. The van der Waals surface area contributed by atoms with Crippen molar-refractivity contribution in [3.63, 3.8) is 0 Å². The van der Waals surface area contributed by atoms with Crippen LogP contribution in [-0.2, 0) is 22.4 Å². The number of aryl methyl sites for hydroxylation is 1. The zero-order chi connectivity index (χ0) is 21.8. The molecular formula is C21H18Br2N2O4S. The molecule has 0 fully saturated rings. The molecule has 0 saturated heterocycles. The van der Waals surface area contributed by atoms with Crippen molar-refractivity contribution in [2.45, 2.75) is 32.6 Å². The Hall–Kier alpha value is -2.15. The normalized spacial score (nSPS) is 13.3. The molecule has 156 valence electrons. The molecule has 1 heterocycles. The molecule has 0 spiro atoms. The molecule has 1 aliphatic carbocycles. The van der Waals surface area contributed by atoms with Crippen LogP contribution in [0, 0.1) is 11.3 Å². The van der Waals surface area contributed by atoms with Crippen LogP contribution in [0.25, 0.3) is 6.08 Å². The highest BCUT2D eigenvalue weighted by atomic mass is 79.9. The van der Waals surface area contributed by atoms with E-state index < -0.39 is 11.9 Å². The average molecular weight is 554 g/mol. The van der Waals surface area contributed by atoms with Gasteiger partial charge >= 0.3 is 5.97 Å². The summed E-state index contributed by atoms with van der Waals surface area (Å²) in [6.07, 6.45) is 5.07. The molecule has 0 unspecified atom stereocenters. The number of hydrogen-bond acceptors (Lipinski definition) is 6. The minimum Gasteiger partial charge on any atom is -0.506 e. The zero-order valence-electron chi connectivity index (χ0n) is 16.1. The van der Waals surface area contributed by atoms with E-state index in [0.29, 0.717) is 25.1 Å². The molecule has 0 atom stereocenters. The van der Waals surface area contributed by atoms with Gasteiger partial charge in [0.15, 0.2) is 0 Å². The van der Waals surface area contributed by atoms with Crippen LogP contribution >= 0.6 is 43.2 Å². The lowest BCUT2D eigenvalue weighted by Crippen LogP contribution is -2.16. The number of nitriles is 1. The molecular weight excluding hydrogens is 536 g/mol. The summed E-state index contributed by atoms with van der Waals surface area (Å²) in [7, 11) is 0. The molecule has 0 radical (unpaired) electrons. The number of amides is 1. The number of phenolic OH excluding ortho intramolecular Hbond substituents is 1. The van der Waals surface area contributed by atoms with Crippen molar-refractivity contribution in [1.29, 1.82) is 5.26 Å². The van der Waals surface area contributed by atoms with Crippen LogP contribution < -0.4 is 5.32 Å². The highest BCUT2D eigenvalue weighted by molar-refractivity contribution is 9.11. The lowest BCUT2D eigenvalue weighted by atomic mass is 9.95. The minimum absolute atomic E-state index is 0.0263. The summed E-state index contributed by atoms with van der Waals surface area (Å²) in [5.41, 5.74) is 1.77. The molecule has 0 bridgehead atoms. The Morgan fingerprint density at radius 2 is 1.97 bits per heavy atom. The summed E-state index contributed by atoms with van der Waals surface area (Å²) in [5.74, 6) is -1.04. The van der Waals surface area contributed by atoms with Crippen molar-refractivity contribution in [2.24, 2.45) is 0 Å². The topological polar surface area (TPSA) is 99.4 Å². The van der Waals surface area contributed by atoms with E-state index in [4.69, 9.17) is 4.74 Å². The average Bonchev–Trinajstić information content (AvgIpc) is 3.08. The maximum atomic E-state index is 12.8. The van der Waals surface area contributed by atoms with Crippen LogP contribution in [0.15, 0.2) is 26.7 Å². The fraction of sp³-hybridized carbons (Fsp3) is 0.286. The molecule has 0 saturated carbocycles. The molecule has 2 N–H and O–H groups in total. The number of ether oxygens (including phenoxy) is 1. The largest absolute Gasteiger partial charge is 0.506 e. The van der Waals surface area contributed by atoms with Crippen molar-refractivity contribution in [1.82, 2.24) is 0 Å². The number of anilines is 1. The summed E-state index contributed by atoms with van der Waals surface area (Å²) in [6.45, 7) is 1.98. The number of nitrogens with zero attached hydrogens (tertiary/aromatic N) is 1. The van der Waals surface area contributed by atoms with Crippen molar-refractivity contribution in [2.75, 3.05) is 11.9 Å². The Kier molecular flexibility index (Phi) is 7.34. The number of halogens is 2. The molecule has 1 aromatic carbocycles. The standard InChI is InChI=1S/C21H18Br2N2O4S/c1-2-29-21(28)17-13-5-3-4-6-16(13)30-20(17)25-19(27)12(10-24)7-11-8-14(22)18(26)15(23)9-11/h7-9,26H,2-6H2,1H3,(H,25,27)/b12-7+. The molecule has 1 amide bonds. The van der Waals surface area contributed by atoms with Crippen LogP contribution in [0.1, 0.15) is 46.1 Å². The van der Waals surface area contributed by atoms with Gasteiger partial charge in [-0.25, -0.2) is 4.79 Å². The van der Waals surface area contributed by atoms with E-state index in [0.717, 1.165) is 36.1 Å². The van der Waals surface area contributed by atoms with Gasteiger partial charge in [-0.15, -0.1) is 11.3 Å². The predicted octanol–water partition coefficient (Wildman–Crippen LogP) is 5.58. The Labute approximate surface area is 194 Å². The molecule has 3 rings (SSSR count). The Morgan fingerprint density at radius 1 is 1.30 bits per heavy atom. The third kappa shape index (κ3) is 4.77. The molecule has 1 aromatic heterocycles. The molecule has 1 aliphatic rings. The van der Waals surface area contributed by atoms with Crippen molar-refractivity contribution < 1.29 is 19.4 Å². The number of carbonyl (C=O) groups is 2. The van der Waals surface area contributed by atoms with Crippen LogP contribution in [-0.4, -0.2) is 23.6 Å². The second-order valence-corrected chi connectivity index (χ2v) is 9.41. The lowest BCUT2D eigenvalue weighted by molar-refractivity contribution is -0.112.